The van der Waals surface area contributed by atoms with Crippen LogP contribution < -0.4 is 11.1 Å². The summed E-state index contributed by atoms with van der Waals surface area (Å²) in [4.78, 5) is 0. The van der Waals surface area contributed by atoms with Crippen LogP contribution in [0.2, 0.25) is 5.02 Å². The van der Waals surface area contributed by atoms with E-state index < -0.39 is 66.8 Å². The summed E-state index contributed by atoms with van der Waals surface area (Å²) in [6.45, 7) is -11.8. The Kier molecular flexibility index (Phi) is 2.28. The van der Waals surface area contributed by atoms with E-state index in [-0.39, 0.29) is 0 Å². The average Bonchev–Trinajstić information content (AvgIpc) is 2.44. The van der Waals surface area contributed by atoms with Crippen LogP contribution in [0.25, 0.3) is 0 Å². The van der Waals surface area contributed by atoms with Gasteiger partial charge in [-0.15, -0.1) is 0 Å². The van der Waals surface area contributed by atoms with Crippen LogP contribution in [0, 0.1) is 0 Å². The van der Waals surface area contributed by atoms with E-state index in [1.165, 1.54) is 0 Å². The van der Waals surface area contributed by atoms with E-state index in [2.05, 4.69) is 0 Å². The predicted octanol–water partition coefficient (Wildman–Crippen LogP) is 3.36. The summed E-state index contributed by atoms with van der Waals surface area (Å²) < 4.78 is 106. The Balaban J connectivity index is 3.38. The van der Waals surface area contributed by atoms with Crippen LogP contribution in [0.1, 0.15) is 50.1 Å². The molecule has 1 aromatic carbocycles. The highest BCUT2D eigenvalue weighted by molar-refractivity contribution is 6.33. The molecule has 1 unspecified atom stereocenters. The van der Waals surface area contributed by atoms with E-state index in [0.717, 1.165) is 6.07 Å². The Morgan fingerprint density at radius 2 is 2.00 bits per heavy atom. The van der Waals surface area contributed by atoms with E-state index >= 15 is 0 Å². The van der Waals surface area contributed by atoms with E-state index in [1.54, 1.807) is 0 Å². The number of anilines is 1. The van der Waals surface area contributed by atoms with Crippen molar-refractivity contribution in [2.75, 3.05) is 12.3 Å². The van der Waals surface area contributed by atoms with Gasteiger partial charge in [-0.05, 0) is 38.3 Å². The van der Waals surface area contributed by atoms with Gasteiger partial charge in [0.25, 0.3) is 0 Å². The summed E-state index contributed by atoms with van der Waals surface area (Å²) in [6, 6.07) is 1.33. The minimum atomic E-state index is -4.92. The molecule has 20 heavy (non-hydrogen) atoms. The summed E-state index contributed by atoms with van der Waals surface area (Å²) >= 11 is 5.65. The van der Waals surface area contributed by atoms with Crippen molar-refractivity contribution in [2.45, 2.75) is 38.4 Å². The van der Waals surface area contributed by atoms with Crippen LogP contribution in [0.4, 0.5) is 18.9 Å². The summed E-state index contributed by atoms with van der Waals surface area (Å²) in [5.41, 5.74) is -0.808. The molecule has 0 aliphatic heterocycles. The largest absolute Gasteiger partial charge is 0.418 e. The number of alkyl halides is 3. The van der Waals surface area contributed by atoms with Crippen molar-refractivity contribution in [3.05, 3.63) is 28.3 Å². The third kappa shape index (κ3) is 4.54. The lowest BCUT2D eigenvalue weighted by atomic mass is 10.0. The lowest BCUT2D eigenvalue weighted by Gasteiger charge is -2.23. The number of benzene rings is 1. The number of hydrogen-bond acceptors (Lipinski definition) is 3. The zero-order chi connectivity index (χ0) is 23.2. The maximum Gasteiger partial charge on any atom is 0.418 e. The first-order valence-electron chi connectivity index (χ1n) is 9.76. The van der Waals surface area contributed by atoms with Gasteiger partial charge >= 0.3 is 6.18 Å². The van der Waals surface area contributed by atoms with Gasteiger partial charge in [-0.2, -0.15) is 13.2 Å². The fourth-order valence-electron chi connectivity index (χ4n) is 1.43. The average molecular weight is 320 g/mol. The topological polar surface area (TPSA) is 58.3 Å². The molecule has 0 heterocycles. The molecule has 3 nitrogen and oxygen atoms in total. The van der Waals surface area contributed by atoms with E-state index in [0.29, 0.717) is 6.07 Å². The van der Waals surface area contributed by atoms with Gasteiger partial charge in [0.05, 0.1) is 22.4 Å². The highest BCUT2D eigenvalue weighted by Gasteiger charge is 2.34. The van der Waals surface area contributed by atoms with Crippen LogP contribution in [0.15, 0.2) is 12.1 Å². The summed E-state index contributed by atoms with van der Waals surface area (Å²) in [6.07, 6.45) is -6.85. The molecule has 7 heteroatoms. The third-order valence-electron chi connectivity index (χ3n) is 2.40. The zero-order valence-corrected chi connectivity index (χ0v) is 10.7. The number of nitrogens with one attached hydrogen (secondary N) is 1. The molecule has 0 fully saturated rings. The Labute approximate surface area is 133 Å². The van der Waals surface area contributed by atoms with Gasteiger partial charge in [0.15, 0.2) is 0 Å². The summed E-state index contributed by atoms with van der Waals surface area (Å²) in [5, 5.41) is 11.5. The molecule has 0 aliphatic rings. The normalized spacial score (nSPS) is 22.9. The predicted molar refractivity (Wildman–Crippen MR) is 73.6 cm³/mol. The number of β-amino-alcohol motifs (C(OH)–C–C–N with tert-alkyl or cyclic N) is 1. The summed E-state index contributed by atoms with van der Waals surface area (Å²) in [5.74, 6) is 0. The molecule has 0 amide bonds. The third-order valence-corrected chi connectivity index (χ3v) is 2.72. The molecule has 4 N–H and O–H groups in total. The first kappa shape index (κ1) is 7.87. The number of halogens is 4. The highest BCUT2D eigenvalue weighted by Crippen LogP contribution is 2.38. The van der Waals surface area contributed by atoms with E-state index in [9.17, 15) is 18.3 Å². The van der Waals surface area contributed by atoms with Crippen LogP contribution in [-0.2, 0) is 6.18 Å². The number of hydrogen-bond donors (Lipinski definition) is 3. The SMILES string of the molecule is [2H]C([2H])([2H])C(NCC(O)c1cc(Cl)c(N)c(C(F)(F)F)c1)(C([2H])([2H])[2H])C([2H])([2H])[2H]. The number of rotatable bonds is 3. The van der Waals surface area contributed by atoms with E-state index in [4.69, 9.17) is 29.7 Å². The zero-order valence-electron chi connectivity index (χ0n) is 19.0. The molecule has 114 valence electrons. The molecule has 0 radical (unpaired) electrons. The van der Waals surface area contributed by atoms with Gasteiger partial charge in [-0.3, -0.25) is 0 Å². The number of nitrogens with two attached hydrogens (primary N) is 1. The molecule has 1 aromatic rings. The molecule has 0 aromatic heterocycles. The van der Waals surface area contributed by atoms with Gasteiger partial charge < -0.3 is 16.2 Å². The number of aliphatic hydroxyl groups is 1. The lowest BCUT2D eigenvalue weighted by Crippen LogP contribution is -2.38. The Bertz CT molecular complexity index is 711. The minimum absolute atomic E-state index is 0.454. The van der Waals surface area contributed by atoms with Gasteiger partial charge in [0.2, 0.25) is 0 Å². The molecular weight excluding hydrogens is 293 g/mol. The molecule has 1 atom stereocenters. The first-order chi connectivity index (χ1) is 12.7. The molecule has 0 spiro atoms. The van der Waals surface area contributed by atoms with Crippen molar-refractivity contribution in [3.63, 3.8) is 0 Å². The highest BCUT2D eigenvalue weighted by atomic mass is 35.5. The smallest absolute Gasteiger partial charge is 0.397 e. The van der Waals surface area contributed by atoms with Gasteiger partial charge in [-0.25, -0.2) is 0 Å². The van der Waals surface area contributed by atoms with Crippen LogP contribution in [0.5, 0.6) is 0 Å². The van der Waals surface area contributed by atoms with Crippen molar-refractivity contribution in [2.24, 2.45) is 0 Å². The lowest BCUT2D eigenvalue weighted by molar-refractivity contribution is -0.137. The molecule has 0 saturated heterocycles. The van der Waals surface area contributed by atoms with Crippen molar-refractivity contribution < 1.29 is 30.6 Å². The Morgan fingerprint density at radius 1 is 1.40 bits per heavy atom. The number of aliphatic hydroxyl groups excluding tert-OH is 1. The Hall–Kier alpha value is -0.980. The van der Waals surface area contributed by atoms with Crippen molar-refractivity contribution in [1.82, 2.24) is 5.32 Å². The van der Waals surface area contributed by atoms with Crippen molar-refractivity contribution in [1.29, 1.82) is 0 Å². The standard InChI is InChI=1S/C13H18ClF3N2O/c1-12(2,3)19-6-10(20)7-4-8(13(15,16)17)11(18)9(14)5-7/h4-5,10,19-20H,6,18H2,1-3H3/i1D3,2D3,3D3. The monoisotopic (exact) mass is 319 g/mol. The van der Waals surface area contributed by atoms with E-state index in [1.807, 2.05) is 5.32 Å². The minimum Gasteiger partial charge on any atom is -0.397 e. The molecule has 0 aliphatic carbocycles. The first-order valence-corrected chi connectivity index (χ1v) is 5.64. The molecule has 0 bridgehead atoms. The maximum atomic E-state index is 13.1. The summed E-state index contributed by atoms with van der Waals surface area (Å²) in [7, 11) is 0. The van der Waals surface area contributed by atoms with Crippen molar-refractivity contribution >= 4 is 17.3 Å². The second-order valence-electron chi connectivity index (χ2n) is 4.11. The quantitative estimate of drug-likeness (QED) is 0.749. The van der Waals surface area contributed by atoms with Gasteiger partial charge in [-0.1, -0.05) is 11.6 Å². The van der Waals surface area contributed by atoms with Crippen LogP contribution in [0.3, 0.4) is 0 Å². The van der Waals surface area contributed by atoms with Crippen LogP contribution in [-0.4, -0.2) is 17.2 Å². The second kappa shape index (κ2) is 5.79. The Morgan fingerprint density at radius 3 is 2.50 bits per heavy atom. The van der Waals surface area contributed by atoms with Gasteiger partial charge in [0, 0.05) is 24.4 Å². The maximum absolute atomic E-state index is 13.1. The number of nitrogen functional groups attached to an aromatic ring is 1. The second-order valence-corrected chi connectivity index (χ2v) is 4.52. The van der Waals surface area contributed by atoms with Crippen molar-refractivity contribution in [3.8, 4) is 0 Å². The molecule has 1 rings (SSSR count). The fraction of sp³-hybridized carbons (Fsp3) is 0.538. The van der Waals surface area contributed by atoms with Crippen LogP contribution >= 0.6 is 11.6 Å². The molecular formula is C13H18ClF3N2O. The fourth-order valence-corrected chi connectivity index (χ4v) is 1.66. The molecule has 0 saturated carbocycles. The van der Waals surface area contributed by atoms with Gasteiger partial charge in [0.1, 0.15) is 0 Å².